The van der Waals surface area contributed by atoms with Crippen molar-refractivity contribution < 1.29 is 28.4 Å². The highest BCUT2D eigenvalue weighted by Crippen LogP contribution is 2.28. The van der Waals surface area contributed by atoms with E-state index in [9.17, 15) is 14.0 Å². The van der Waals surface area contributed by atoms with Gasteiger partial charge in [0.2, 0.25) is 0 Å². The van der Waals surface area contributed by atoms with Crippen LogP contribution in [0.2, 0.25) is 0 Å². The first kappa shape index (κ1) is 20.2. The normalized spacial score (nSPS) is 11.4. The maximum absolute atomic E-state index is 13.1. The van der Waals surface area contributed by atoms with Gasteiger partial charge in [-0.15, -0.1) is 0 Å². The Bertz CT molecular complexity index is 813. The Morgan fingerprint density at radius 3 is 2.33 bits per heavy atom. The highest BCUT2D eigenvalue weighted by atomic mass is 19.1. The summed E-state index contributed by atoms with van der Waals surface area (Å²) in [5, 5.41) is 5.35. The summed E-state index contributed by atoms with van der Waals surface area (Å²) in [5.41, 5.74) is 0.859. The molecule has 2 aromatic carbocycles. The fourth-order valence-electron chi connectivity index (χ4n) is 2.49. The predicted molar refractivity (Wildman–Crippen MR) is 99.8 cm³/mol. The van der Waals surface area contributed by atoms with Crippen LogP contribution in [0.5, 0.6) is 11.5 Å². The quantitative estimate of drug-likeness (QED) is 0.640. The van der Waals surface area contributed by atoms with Crippen LogP contribution >= 0.6 is 0 Å². The van der Waals surface area contributed by atoms with E-state index >= 15 is 0 Å². The van der Waals surface area contributed by atoms with Gasteiger partial charge in [-0.1, -0.05) is 6.07 Å². The third kappa shape index (κ3) is 6.27. The van der Waals surface area contributed by atoms with Crippen LogP contribution in [0.15, 0.2) is 42.5 Å². The van der Waals surface area contributed by atoms with Crippen molar-refractivity contribution in [3.05, 3.63) is 48.3 Å². The van der Waals surface area contributed by atoms with Crippen molar-refractivity contribution in [1.29, 1.82) is 0 Å². The molecule has 0 heterocycles. The lowest BCUT2D eigenvalue weighted by Gasteiger charge is -2.15. The van der Waals surface area contributed by atoms with Gasteiger partial charge >= 0.3 is 0 Å². The molecule has 8 heteroatoms. The zero-order chi connectivity index (χ0) is 19.8. The molecule has 0 aliphatic rings. The van der Waals surface area contributed by atoms with Crippen molar-refractivity contribution in [2.45, 2.75) is 0 Å². The van der Waals surface area contributed by atoms with Gasteiger partial charge in [0.15, 0.2) is 13.1 Å². The van der Waals surface area contributed by atoms with Gasteiger partial charge in [-0.25, -0.2) is 4.39 Å². The molecular formula is C19H23FN3O4+. The molecule has 0 saturated carbocycles. The molecule has 2 rings (SSSR count). The summed E-state index contributed by atoms with van der Waals surface area (Å²) in [4.78, 5) is 25.0. The summed E-state index contributed by atoms with van der Waals surface area (Å²) in [7, 11) is 4.75. The molecular weight excluding hydrogens is 353 g/mol. The SMILES string of the molecule is COc1ccc(OC)c(NC(=O)C[NH+](C)CC(=O)Nc2cccc(F)c2)c1. The van der Waals surface area contributed by atoms with Gasteiger partial charge in [-0.2, -0.15) is 0 Å². The average molecular weight is 376 g/mol. The highest BCUT2D eigenvalue weighted by molar-refractivity contribution is 5.94. The number of halogens is 1. The molecule has 0 fully saturated rings. The number of hydrogen-bond donors (Lipinski definition) is 3. The molecule has 7 nitrogen and oxygen atoms in total. The number of quaternary nitrogens is 1. The predicted octanol–water partition coefficient (Wildman–Crippen LogP) is 0.935. The standard InChI is InChI=1S/C19H22FN3O4/c1-23(11-18(24)21-14-6-4-5-13(20)9-14)12-19(25)22-16-10-15(26-2)7-8-17(16)27-3/h4-10H,11-12H2,1-3H3,(H,21,24)(H,22,25)/p+1. The summed E-state index contributed by atoms with van der Waals surface area (Å²) in [6, 6.07) is 10.7. The molecule has 1 unspecified atom stereocenters. The van der Waals surface area contributed by atoms with E-state index in [1.54, 1.807) is 31.3 Å². The number of nitrogens with one attached hydrogen (secondary N) is 3. The van der Waals surface area contributed by atoms with Gasteiger partial charge in [0.05, 0.1) is 27.0 Å². The van der Waals surface area contributed by atoms with E-state index in [4.69, 9.17) is 9.47 Å². The number of rotatable bonds is 8. The molecule has 27 heavy (non-hydrogen) atoms. The zero-order valence-corrected chi connectivity index (χ0v) is 15.5. The zero-order valence-electron chi connectivity index (χ0n) is 15.5. The summed E-state index contributed by atoms with van der Waals surface area (Å²) in [6.07, 6.45) is 0. The minimum Gasteiger partial charge on any atom is -0.497 e. The Hall–Kier alpha value is -3.13. The second kappa shape index (κ2) is 9.54. The van der Waals surface area contributed by atoms with Gasteiger partial charge in [-0.3, -0.25) is 9.59 Å². The third-order valence-corrected chi connectivity index (χ3v) is 3.71. The first-order chi connectivity index (χ1) is 12.9. The lowest BCUT2D eigenvalue weighted by atomic mass is 10.2. The second-order valence-corrected chi connectivity index (χ2v) is 5.98. The van der Waals surface area contributed by atoms with E-state index in [0.717, 1.165) is 0 Å². The van der Waals surface area contributed by atoms with Crippen LogP contribution in [0.3, 0.4) is 0 Å². The largest absolute Gasteiger partial charge is 0.497 e. The number of carbonyl (C=O) groups excluding carboxylic acids is 2. The van der Waals surface area contributed by atoms with Gasteiger partial charge < -0.3 is 25.0 Å². The van der Waals surface area contributed by atoms with Gasteiger partial charge in [0.1, 0.15) is 17.3 Å². The van der Waals surface area contributed by atoms with Crippen molar-refractivity contribution in [3.63, 3.8) is 0 Å². The molecule has 1 atom stereocenters. The molecule has 0 saturated heterocycles. The molecule has 0 radical (unpaired) electrons. The Kier molecular flexibility index (Phi) is 7.13. The Morgan fingerprint density at radius 2 is 1.70 bits per heavy atom. The van der Waals surface area contributed by atoms with E-state index in [1.807, 2.05) is 0 Å². The topological polar surface area (TPSA) is 81.1 Å². The fraction of sp³-hybridized carbons (Fsp3) is 0.263. The third-order valence-electron chi connectivity index (χ3n) is 3.71. The van der Waals surface area contributed by atoms with Crippen molar-refractivity contribution in [2.75, 3.05) is 45.0 Å². The number of amides is 2. The molecule has 0 aromatic heterocycles. The molecule has 3 N–H and O–H groups in total. The summed E-state index contributed by atoms with van der Waals surface area (Å²) in [6.45, 7) is 0.121. The maximum atomic E-state index is 13.1. The Balaban J connectivity index is 1.89. The smallest absolute Gasteiger partial charge is 0.279 e. The van der Waals surface area contributed by atoms with Crippen molar-refractivity contribution in [2.24, 2.45) is 0 Å². The first-order valence-corrected chi connectivity index (χ1v) is 8.30. The van der Waals surface area contributed by atoms with Gasteiger partial charge in [0.25, 0.3) is 11.8 Å². The summed E-state index contributed by atoms with van der Waals surface area (Å²) >= 11 is 0. The Labute approximate surface area is 157 Å². The number of methoxy groups -OCH3 is 2. The fourth-order valence-corrected chi connectivity index (χ4v) is 2.49. The van der Waals surface area contributed by atoms with E-state index < -0.39 is 5.82 Å². The van der Waals surface area contributed by atoms with E-state index in [-0.39, 0.29) is 24.9 Å². The van der Waals surface area contributed by atoms with Crippen LogP contribution in [0.4, 0.5) is 15.8 Å². The van der Waals surface area contributed by atoms with Gasteiger partial charge in [-0.05, 0) is 30.3 Å². The maximum Gasteiger partial charge on any atom is 0.279 e. The molecule has 2 amide bonds. The molecule has 0 spiro atoms. The lowest BCUT2D eigenvalue weighted by Crippen LogP contribution is -3.11. The van der Waals surface area contributed by atoms with E-state index in [0.29, 0.717) is 27.8 Å². The van der Waals surface area contributed by atoms with Crippen LogP contribution in [0, 0.1) is 5.82 Å². The molecule has 2 aromatic rings. The van der Waals surface area contributed by atoms with Crippen molar-refractivity contribution in [3.8, 4) is 11.5 Å². The molecule has 0 aliphatic heterocycles. The number of benzene rings is 2. The number of anilines is 2. The van der Waals surface area contributed by atoms with Crippen LogP contribution in [0.25, 0.3) is 0 Å². The van der Waals surface area contributed by atoms with Crippen LogP contribution in [-0.2, 0) is 9.59 Å². The molecule has 0 aliphatic carbocycles. The molecule has 0 bridgehead atoms. The Morgan fingerprint density at radius 1 is 1.00 bits per heavy atom. The minimum absolute atomic E-state index is 0.0547. The minimum atomic E-state index is -0.430. The number of carbonyl (C=O) groups is 2. The van der Waals surface area contributed by atoms with E-state index in [1.165, 1.54) is 32.4 Å². The van der Waals surface area contributed by atoms with Crippen LogP contribution in [0.1, 0.15) is 0 Å². The molecule has 144 valence electrons. The van der Waals surface area contributed by atoms with Crippen molar-refractivity contribution in [1.82, 2.24) is 0 Å². The lowest BCUT2D eigenvalue weighted by molar-refractivity contribution is -0.862. The van der Waals surface area contributed by atoms with Crippen molar-refractivity contribution >= 4 is 23.2 Å². The summed E-state index contributed by atoms with van der Waals surface area (Å²) < 4.78 is 23.5. The van der Waals surface area contributed by atoms with E-state index in [2.05, 4.69) is 10.6 Å². The highest BCUT2D eigenvalue weighted by Gasteiger charge is 2.16. The second-order valence-electron chi connectivity index (χ2n) is 5.98. The number of likely N-dealkylation sites (N-methyl/N-ethyl adjacent to an activating group) is 1. The van der Waals surface area contributed by atoms with Crippen LogP contribution in [-0.4, -0.2) is 46.2 Å². The number of ether oxygens (including phenoxy) is 2. The average Bonchev–Trinajstić information content (AvgIpc) is 2.61. The first-order valence-electron chi connectivity index (χ1n) is 8.30. The van der Waals surface area contributed by atoms with Gasteiger partial charge in [0, 0.05) is 11.8 Å². The monoisotopic (exact) mass is 376 g/mol. The van der Waals surface area contributed by atoms with Crippen LogP contribution < -0.4 is 25.0 Å². The number of hydrogen-bond acceptors (Lipinski definition) is 4. The summed E-state index contributed by atoms with van der Waals surface area (Å²) in [5.74, 6) is 0.0644.